The van der Waals surface area contributed by atoms with Crippen LogP contribution in [0.2, 0.25) is 0 Å². The molecule has 0 saturated carbocycles. The third-order valence-corrected chi connectivity index (χ3v) is 3.71. The van der Waals surface area contributed by atoms with Gasteiger partial charge in [-0.2, -0.15) is 0 Å². The average molecular weight is 279 g/mol. The van der Waals surface area contributed by atoms with Crippen molar-refractivity contribution in [2.75, 3.05) is 39.5 Å². The lowest BCUT2D eigenvalue weighted by atomic mass is 10.1. The van der Waals surface area contributed by atoms with Crippen LogP contribution in [0.25, 0.3) is 0 Å². The van der Waals surface area contributed by atoms with Crippen LogP contribution in [-0.4, -0.2) is 55.6 Å². The molecule has 5 heteroatoms. The van der Waals surface area contributed by atoms with E-state index in [2.05, 4.69) is 4.90 Å². The van der Waals surface area contributed by atoms with Crippen LogP contribution in [0.3, 0.4) is 0 Å². The van der Waals surface area contributed by atoms with Gasteiger partial charge in [-0.15, -0.1) is 0 Å². The van der Waals surface area contributed by atoms with Gasteiger partial charge in [0, 0.05) is 25.2 Å². The van der Waals surface area contributed by atoms with Gasteiger partial charge in [0.2, 0.25) is 0 Å². The van der Waals surface area contributed by atoms with E-state index in [-0.39, 0.29) is 12.7 Å². The number of aliphatic hydroxyl groups excluding tert-OH is 1. The van der Waals surface area contributed by atoms with Gasteiger partial charge in [0.1, 0.15) is 12.4 Å². The number of ether oxygens (including phenoxy) is 3. The van der Waals surface area contributed by atoms with Gasteiger partial charge in [0.05, 0.1) is 32.5 Å². The van der Waals surface area contributed by atoms with Crippen LogP contribution in [0, 0.1) is 0 Å². The Kier molecular flexibility index (Phi) is 4.52. The van der Waals surface area contributed by atoms with Gasteiger partial charge in [-0.1, -0.05) is 6.07 Å². The molecule has 2 aliphatic rings. The molecule has 1 aromatic rings. The lowest BCUT2D eigenvalue weighted by Gasteiger charge is -2.28. The molecule has 20 heavy (non-hydrogen) atoms. The second kappa shape index (κ2) is 6.54. The summed E-state index contributed by atoms with van der Waals surface area (Å²) in [6, 6.07) is 5.88. The highest BCUT2D eigenvalue weighted by Gasteiger charge is 2.21. The van der Waals surface area contributed by atoms with Crippen molar-refractivity contribution in [3.8, 4) is 5.75 Å². The van der Waals surface area contributed by atoms with Gasteiger partial charge < -0.3 is 19.3 Å². The lowest BCUT2D eigenvalue weighted by molar-refractivity contribution is -0.0982. The lowest BCUT2D eigenvalue weighted by Crippen LogP contribution is -2.40. The molecule has 1 N–H and O–H groups in total. The molecule has 2 aliphatic heterocycles. The van der Waals surface area contributed by atoms with Crippen LogP contribution in [0.4, 0.5) is 0 Å². The van der Waals surface area contributed by atoms with Gasteiger partial charge in [-0.25, -0.2) is 0 Å². The first-order chi connectivity index (χ1) is 9.85. The number of aliphatic hydroxyl groups is 1. The SMILES string of the molecule is OCc1ccc2c(c1)CN(CC1COCCO1)CCO2. The Bertz CT molecular complexity index is 445. The Balaban J connectivity index is 1.68. The molecule has 0 amide bonds. The van der Waals surface area contributed by atoms with Crippen molar-refractivity contribution < 1.29 is 19.3 Å². The Labute approximate surface area is 119 Å². The molecule has 0 spiro atoms. The molecule has 3 rings (SSSR count). The van der Waals surface area contributed by atoms with Crippen molar-refractivity contribution in [2.45, 2.75) is 19.3 Å². The molecule has 5 nitrogen and oxygen atoms in total. The van der Waals surface area contributed by atoms with Crippen LogP contribution in [0.1, 0.15) is 11.1 Å². The first kappa shape index (κ1) is 13.8. The first-order valence-corrected chi connectivity index (χ1v) is 7.12. The second-order valence-electron chi connectivity index (χ2n) is 5.25. The summed E-state index contributed by atoms with van der Waals surface area (Å²) in [4.78, 5) is 2.33. The van der Waals surface area contributed by atoms with Crippen molar-refractivity contribution in [1.29, 1.82) is 0 Å². The fourth-order valence-corrected chi connectivity index (χ4v) is 2.69. The fraction of sp³-hybridized carbons (Fsp3) is 0.600. The topological polar surface area (TPSA) is 51.2 Å². The van der Waals surface area contributed by atoms with Gasteiger partial charge in [0.15, 0.2) is 0 Å². The third-order valence-electron chi connectivity index (χ3n) is 3.71. The maximum Gasteiger partial charge on any atom is 0.123 e. The predicted molar refractivity (Wildman–Crippen MR) is 73.7 cm³/mol. The molecule has 0 bridgehead atoms. The summed E-state index contributed by atoms with van der Waals surface area (Å²) in [5.74, 6) is 0.922. The summed E-state index contributed by atoms with van der Waals surface area (Å²) < 4.78 is 16.9. The summed E-state index contributed by atoms with van der Waals surface area (Å²) in [5, 5.41) is 9.25. The first-order valence-electron chi connectivity index (χ1n) is 7.12. The standard InChI is InChI=1S/C15H21NO4/c17-10-12-1-2-15-13(7-12)8-16(3-4-20-15)9-14-11-18-5-6-19-14/h1-2,7,14,17H,3-6,8-11H2. The fourth-order valence-electron chi connectivity index (χ4n) is 2.69. The normalized spacial score (nSPS) is 23.8. The number of hydrogen-bond donors (Lipinski definition) is 1. The quantitative estimate of drug-likeness (QED) is 0.886. The van der Waals surface area contributed by atoms with E-state index >= 15 is 0 Å². The van der Waals surface area contributed by atoms with Crippen molar-refractivity contribution in [3.05, 3.63) is 29.3 Å². The van der Waals surface area contributed by atoms with Gasteiger partial charge in [0.25, 0.3) is 0 Å². The van der Waals surface area contributed by atoms with E-state index in [0.717, 1.165) is 36.5 Å². The predicted octanol–water partition coefficient (Wildman–Crippen LogP) is 0.789. The summed E-state index contributed by atoms with van der Waals surface area (Å²) >= 11 is 0. The van der Waals surface area contributed by atoms with Gasteiger partial charge >= 0.3 is 0 Å². The van der Waals surface area contributed by atoms with Crippen molar-refractivity contribution >= 4 is 0 Å². The van der Waals surface area contributed by atoms with E-state index in [4.69, 9.17) is 14.2 Å². The minimum absolute atomic E-state index is 0.0624. The zero-order chi connectivity index (χ0) is 13.8. The Morgan fingerprint density at radius 3 is 3.00 bits per heavy atom. The van der Waals surface area contributed by atoms with Crippen LogP contribution in [-0.2, 0) is 22.6 Å². The molecule has 1 saturated heterocycles. The van der Waals surface area contributed by atoms with Crippen LogP contribution in [0.15, 0.2) is 18.2 Å². The zero-order valence-corrected chi connectivity index (χ0v) is 11.6. The van der Waals surface area contributed by atoms with Crippen molar-refractivity contribution in [2.24, 2.45) is 0 Å². The van der Waals surface area contributed by atoms with Crippen LogP contribution >= 0.6 is 0 Å². The maximum absolute atomic E-state index is 9.25. The Morgan fingerprint density at radius 1 is 1.25 bits per heavy atom. The van der Waals surface area contributed by atoms with E-state index in [1.165, 1.54) is 0 Å². The molecule has 0 aliphatic carbocycles. The Hall–Kier alpha value is -1.14. The highest BCUT2D eigenvalue weighted by atomic mass is 16.6. The molecule has 0 radical (unpaired) electrons. The minimum atomic E-state index is 0.0624. The maximum atomic E-state index is 9.25. The summed E-state index contributed by atoms with van der Waals surface area (Å²) in [5.41, 5.74) is 2.05. The summed E-state index contributed by atoms with van der Waals surface area (Å²) in [6.45, 7) is 5.34. The molecule has 1 aromatic carbocycles. The third kappa shape index (κ3) is 3.30. The molecule has 1 unspecified atom stereocenters. The molecule has 1 fully saturated rings. The largest absolute Gasteiger partial charge is 0.492 e. The number of fused-ring (bicyclic) bond motifs is 1. The van der Waals surface area contributed by atoms with Crippen LogP contribution in [0.5, 0.6) is 5.75 Å². The highest BCUT2D eigenvalue weighted by Crippen LogP contribution is 2.24. The summed E-state index contributed by atoms with van der Waals surface area (Å²) in [6.07, 6.45) is 0.145. The Morgan fingerprint density at radius 2 is 2.20 bits per heavy atom. The molecule has 2 heterocycles. The van der Waals surface area contributed by atoms with Crippen molar-refractivity contribution in [1.82, 2.24) is 4.90 Å². The molecule has 0 aromatic heterocycles. The second-order valence-corrected chi connectivity index (χ2v) is 5.25. The zero-order valence-electron chi connectivity index (χ0n) is 11.6. The number of rotatable bonds is 3. The number of hydrogen-bond acceptors (Lipinski definition) is 5. The molecular formula is C15H21NO4. The smallest absolute Gasteiger partial charge is 0.123 e. The van der Waals surface area contributed by atoms with E-state index in [1.54, 1.807) is 0 Å². The number of benzene rings is 1. The van der Waals surface area contributed by atoms with E-state index in [0.29, 0.717) is 26.4 Å². The molecular weight excluding hydrogens is 258 g/mol. The van der Waals surface area contributed by atoms with Gasteiger partial charge in [-0.05, 0) is 17.7 Å². The monoisotopic (exact) mass is 279 g/mol. The highest BCUT2D eigenvalue weighted by molar-refractivity contribution is 5.37. The summed E-state index contributed by atoms with van der Waals surface area (Å²) in [7, 11) is 0. The van der Waals surface area contributed by atoms with E-state index in [1.807, 2.05) is 18.2 Å². The molecule has 1 atom stereocenters. The average Bonchev–Trinajstić information content (AvgIpc) is 2.69. The minimum Gasteiger partial charge on any atom is -0.492 e. The van der Waals surface area contributed by atoms with E-state index < -0.39 is 0 Å². The van der Waals surface area contributed by atoms with E-state index in [9.17, 15) is 5.11 Å². The molecule has 110 valence electrons. The number of nitrogens with zero attached hydrogens (tertiary/aromatic N) is 1. The van der Waals surface area contributed by atoms with Crippen LogP contribution < -0.4 is 4.74 Å². The van der Waals surface area contributed by atoms with Crippen molar-refractivity contribution in [3.63, 3.8) is 0 Å². The van der Waals surface area contributed by atoms with Gasteiger partial charge in [-0.3, -0.25) is 4.90 Å².